The monoisotopic (exact) mass is 360 g/mol. The van der Waals surface area contributed by atoms with Gasteiger partial charge in [-0.05, 0) is 55.6 Å². The SMILES string of the molecule is Oc1ccc(C=C(Br)Br)cc1OC(F)(F)F. The third-order valence-corrected chi connectivity index (χ3v) is 1.94. The van der Waals surface area contributed by atoms with Crippen LogP contribution in [0.1, 0.15) is 5.56 Å². The molecule has 1 N–H and O–H groups in total. The van der Waals surface area contributed by atoms with Crippen LogP contribution in [0.3, 0.4) is 0 Å². The van der Waals surface area contributed by atoms with Crippen molar-refractivity contribution in [2.75, 3.05) is 0 Å². The molecular formula is C9H5Br2F3O2. The number of ether oxygens (including phenoxy) is 1. The van der Waals surface area contributed by atoms with Gasteiger partial charge >= 0.3 is 6.36 Å². The lowest BCUT2D eigenvalue weighted by Gasteiger charge is -2.10. The van der Waals surface area contributed by atoms with Gasteiger partial charge < -0.3 is 9.84 Å². The van der Waals surface area contributed by atoms with E-state index in [9.17, 15) is 13.2 Å². The molecule has 0 radical (unpaired) electrons. The van der Waals surface area contributed by atoms with Crippen LogP contribution in [0.5, 0.6) is 11.5 Å². The van der Waals surface area contributed by atoms with Crippen LogP contribution >= 0.6 is 31.9 Å². The topological polar surface area (TPSA) is 29.5 Å². The first-order valence-corrected chi connectivity index (χ1v) is 5.48. The van der Waals surface area contributed by atoms with E-state index >= 15 is 0 Å². The van der Waals surface area contributed by atoms with Crippen molar-refractivity contribution in [1.82, 2.24) is 0 Å². The predicted octanol–water partition coefficient (Wildman–Crippen LogP) is 4.38. The number of halogens is 5. The molecule has 16 heavy (non-hydrogen) atoms. The lowest BCUT2D eigenvalue weighted by Crippen LogP contribution is -2.17. The highest BCUT2D eigenvalue weighted by Gasteiger charge is 2.32. The third kappa shape index (κ3) is 4.44. The summed E-state index contributed by atoms with van der Waals surface area (Å²) in [5, 5.41) is 9.16. The van der Waals surface area contributed by atoms with Gasteiger partial charge in [0.1, 0.15) is 0 Å². The van der Waals surface area contributed by atoms with E-state index in [0.717, 1.165) is 12.1 Å². The maximum atomic E-state index is 11.9. The summed E-state index contributed by atoms with van der Waals surface area (Å²) in [4.78, 5) is 0. The second-order valence-corrected chi connectivity index (χ2v) is 5.48. The first-order chi connectivity index (χ1) is 7.28. The van der Waals surface area contributed by atoms with E-state index in [1.54, 1.807) is 0 Å². The largest absolute Gasteiger partial charge is 0.573 e. The van der Waals surface area contributed by atoms with Gasteiger partial charge in [0.25, 0.3) is 0 Å². The number of hydrogen-bond acceptors (Lipinski definition) is 2. The minimum absolute atomic E-state index is 0.445. The lowest BCUT2D eigenvalue weighted by molar-refractivity contribution is -0.275. The molecule has 0 aliphatic carbocycles. The van der Waals surface area contributed by atoms with Gasteiger partial charge in [-0.25, -0.2) is 0 Å². The number of benzene rings is 1. The maximum Gasteiger partial charge on any atom is 0.573 e. The van der Waals surface area contributed by atoms with Crippen LogP contribution in [0.15, 0.2) is 21.6 Å². The Morgan fingerprint density at radius 2 is 1.94 bits per heavy atom. The molecule has 0 bridgehead atoms. The smallest absolute Gasteiger partial charge is 0.504 e. The van der Waals surface area contributed by atoms with E-state index < -0.39 is 17.9 Å². The first-order valence-electron chi connectivity index (χ1n) is 3.89. The summed E-state index contributed by atoms with van der Waals surface area (Å²) in [5.41, 5.74) is 0.445. The molecule has 0 saturated carbocycles. The van der Waals surface area contributed by atoms with Crippen LogP contribution < -0.4 is 4.74 Å². The van der Waals surface area contributed by atoms with Crippen LogP contribution in [0, 0.1) is 0 Å². The van der Waals surface area contributed by atoms with E-state index in [4.69, 9.17) is 5.11 Å². The number of phenols is 1. The van der Waals surface area contributed by atoms with Crippen molar-refractivity contribution in [2.24, 2.45) is 0 Å². The molecule has 1 aromatic carbocycles. The molecule has 0 unspecified atom stereocenters. The van der Waals surface area contributed by atoms with E-state index in [2.05, 4.69) is 36.6 Å². The van der Waals surface area contributed by atoms with Gasteiger partial charge in [-0.15, -0.1) is 13.2 Å². The number of phenolic OH excluding ortho intramolecular Hbond substituents is 1. The molecule has 1 aromatic rings. The molecule has 0 fully saturated rings. The van der Waals surface area contributed by atoms with Crippen LogP contribution in [0.2, 0.25) is 0 Å². The second-order valence-electron chi connectivity index (χ2n) is 2.71. The molecule has 0 aromatic heterocycles. The number of alkyl halides is 3. The highest BCUT2D eigenvalue weighted by molar-refractivity contribution is 9.28. The van der Waals surface area contributed by atoms with Crippen molar-refractivity contribution < 1.29 is 23.0 Å². The fraction of sp³-hybridized carbons (Fsp3) is 0.111. The highest BCUT2D eigenvalue weighted by Crippen LogP contribution is 2.33. The Morgan fingerprint density at radius 3 is 2.44 bits per heavy atom. The van der Waals surface area contributed by atoms with Crippen molar-refractivity contribution in [1.29, 1.82) is 0 Å². The molecule has 1 rings (SSSR count). The number of aromatic hydroxyl groups is 1. The highest BCUT2D eigenvalue weighted by atomic mass is 79.9. The normalized spacial score (nSPS) is 11.1. The van der Waals surface area contributed by atoms with Crippen molar-refractivity contribution in [3.63, 3.8) is 0 Å². The summed E-state index contributed by atoms with van der Waals surface area (Å²) >= 11 is 6.14. The number of rotatable bonds is 2. The fourth-order valence-electron chi connectivity index (χ4n) is 0.953. The minimum atomic E-state index is -4.83. The van der Waals surface area contributed by atoms with E-state index in [-0.39, 0.29) is 0 Å². The average molecular weight is 362 g/mol. The molecule has 0 aliphatic heterocycles. The lowest BCUT2D eigenvalue weighted by atomic mass is 10.2. The Morgan fingerprint density at radius 1 is 1.31 bits per heavy atom. The average Bonchev–Trinajstić information content (AvgIpc) is 2.07. The molecule has 0 saturated heterocycles. The Balaban J connectivity index is 3.04. The Labute approximate surface area is 106 Å². The summed E-state index contributed by atoms with van der Waals surface area (Å²) < 4.78 is 40.0. The second kappa shape index (κ2) is 5.09. The van der Waals surface area contributed by atoms with Gasteiger partial charge in [-0.2, -0.15) is 0 Å². The van der Waals surface area contributed by atoms with Crippen LogP contribution in [-0.2, 0) is 0 Å². The van der Waals surface area contributed by atoms with E-state index in [1.807, 2.05) is 0 Å². The summed E-state index contributed by atoms with van der Waals surface area (Å²) in [6.45, 7) is 0. The third-order valence-electron chi connectivity index (χ3n) is 1.49. The molecular weight excluding hydrogens is 357 g/mol. The quantitative estimate of drug-likeness (QED) is 0.847. The van der Waals surface area contributed by atoms with Gasteiger partial charge in [0, 0.05) is 0 Å². The van der Waals surface area contributed by atoms with Crippen molar-refractivity contribution in [2.45, 2.75) is 6.36 Å². The molecule has 0 amide bonds. The standard InChI is InChI=1S/C9H5Br2F3O2/c10-8(11)4-5-1-2-6(15)7(3-5)16-9(12,13)14/h1-4,15H. The fourth-order valence-corrected chi connectivity index (χ4v) is 1.48. The zero-order valence-corrected chi connectivity index (χ0v) is 10.7. The van der Waals surface area contributed by atoms with Gasteiger partial charge in [-0.3, -0.25) is 0 Å². The summed E-state index contributed by atoms with van der Waals surface area (Å²) in [5.74, 6) is -1.21. The van der Waals surface area contributed by atoms with Crippen molar-refractivity contribution in [3.05, 3.63) is 27.2 Å². The molecule has 2 nitrogen and oxygen atoms in total. The predicted molar refractivity (Wildman–Crippen MR) is 60.6 cm³/mol. The first kappa shape index (κ1) is 13.4. The Kier molecular flexibility index (Phi) is 4.26. The van der Waals surface area contributed by atoms with Gasteiger partial charge in [-0.1, -0.05) is 6.07 Å². The van der Waals surface area contributed by atoms with Crippen molar-refractivity contribution >= 4 is 37.9 Å². The summed E-state index contributed by atoms with van der Waals surface area (Å²) in [6, 6.07) is 3.64. The molecule has 0 atom stereocenters. The van der Waals surface area contributed by atoms with E-state index in [0.29, 0.717) is 8.96 Å². The zero-order chi connectivity index (χ0) is 12.3. The molecule has 0 spiro atoms. The van der Waals surface area contributed by atoms with Crippen LogP contribution in [-0.4, -0.2) is 11.5 Å². The maximum absolute atomic E-state index is 11.9. The summed E-state index contributed by atoms with van der Waals surface area (Å²) in [7, 11) is 0. The molecule has 0 aliphatic rings. The zero-order valence-electron chi connectivity index (χ0n) is 7.55. The van der Waals surface area contributed by atoms with Gasteiger partial charge in [0.2, 0.25) is 0 Å². The Hall–Kier alpha value is -0.690. The molecule has 7 heteroatoms. The molecule has 88 valence electrons. The summed E-state index contributed by atoms with van der Waals surface area (Å²) in [6.07, 6.45) is -3.31. The van der Waals surface area contributed by atoms with E-state index in [1.165, 1.54) is 12.1 Å². The Bertz CT molecular complexity index is 412. The van der Waals surface area contributed by atoms with Crippen molar-refractivity contribution in [3.8, 4) is 11.5 Å². The van der Waals surface area contributed by atoms with Gasteiger partial charge in [0.15, 0.2) is 11.5 Å². The van der Waals surface area contributed by atoms with Gasteiger partial charge in [0.05, 0.1) is 3.39 Å². The van der Waals surface area contributed by atoms with Crippen LogP contribution in [0.4, 0.5) is 13.2 Å². The number of hydrogen-bond donors (Lipinski definition) is 1. The minimum Gasteiger partial charge on any atom is -0.504 e. The van der Waals surface area contributed by atoms with Crippen LogP contribution in [0.25, 0.3) is 6.08 Å². The molecule has 0 heterocycles.